The maximum absolute atomic E-state index is 13.1. The number of carbonyl (C=O) groups is 2. The van der Waals surface area contributed by atoms with Crippen LogP contribution in [0.3, 0.4) is 0 Å². The molecular formula is C44H62N6O6. The third-order valence-corrected chi connectivity index (χ3v) is 13.1. The quantitative estimate of drug-likeness (QED) is 0.228. The van der Waals surface area contributed by atoms with Gasteiger partial charge in [-0.25, -0.2) is 0 Å². The number of nitrogens with one attached hydrogen (secondary N) is 2. The molecule has 304 valence electrons. The lowest BCUT2D eigenvalue weighted by Crippen LogP contribution is -2.47. The second-order valence-corrected chi connectivity index (χ2v) is 16.9. The highest BCUT2D eigenvalue weighted by atomic mass is 16.3. The van der Waals surface area contributed by atoms with E-state index in [0.29, 0.717) is 49.1 Å². The van der Waals surface area contributed by atoms with Crippen molar-refractivity contribution in [2.24, 2.45) is 35.5 Å². The van der Waals surface area contributed by atoms with Crippen LogP contribution in [0.25, 0.3) is 12.2 Å². The second-order valence-electron chi connectivity index (χ2n) is 16.9. The van der Waals surface area contributed by atoms with Crippen molar-refractivity contribution in [1.82, 2.24) is 29.6 Å². The normalized spacial score (nSPS) is 29.2. The maximum Gasteiger partial charge on any atom is 0.258 e. The molecule has 0 aromatic carbocycles. The van der Waals surface area contributed by atoms with Crippen molar-refractivity contribution in [1.29, 1.82) is 0 Å². The number of aromatic nitrogens is 2. The third-order valence-electron chi connectivity index (χ3n) is 13.1. The zero-order valence-electron chi connectivity index (χ0n) is 33.6. The summed E-state index contributed by atoms with van der Waals surface area (Å²) in [5, 5.41) is 26.5. The molecule has 0 spiro atoms. The molecule has 56 heavy (non-hydrogen) atoms. The van der Waals surface area contributed by atoms with Gasteiger partial charge in [0, 0.05) is 98.9 Å². The lowest BCUT2D eigenvalue weighted by Gasteiger charge is -2.38. The van der Waals surface area contributed by atoms with Crippen molar-refractivity contribution in [3.8, 4) is 0 Å². The summed E-state index contributed by atoms with van der Waals surface area (Å²) >= 11 is 0. The number of rotatable bonds is 14. The predicted octanol–water partition coefficient (Wildman–Crippen LogP) is 3.56. The van der Waals surface area contributed by atoms with Crippen LogP contribution in [0.4, 0.5) is 0 Å². The number of fused-ring (bicyclic) bond motifs is 8. The Kier molecular flexibility index (Phi) is 12.5. The summed E-state index contributed by atoms with van der Waals surface area (Å²) in [6.45, 7) is 12.1. The molecule has 2 aromatic rings. The minimum absolute atomic E-state index is 0.00276. The Morgan fingerprint density at radius 3 is 1.39 bits per heavy atom. The van der Waals surface area contributed by atoms with Gasteiger partial charge in [0.05, 0.1) is 23.9 Å². The van der Waals surface area contributed by atoms with Gasteiger partial charge in [-0.1, -0.05) is 38.2 Å². The van der Waals surface area contributed by atoms with E-state index in [1.165, 1.54) is 25.7 Å². The van der Waals surface area contributed by atoms with E-state index in [1.807, 2.05) is 85.4 Å². The van der Waals surface area contributed by atoms with Gasteiger partial charge in [0.1, 0.15) is 0 Å². The maximum atomic E-state index is 13.1. The van der Waals surface area contributed by atoms with Gasteiger partial charge in [-0.05, 0) is 88.5 Å². The molecule has 0 unspecified atom stereocenters. The van der Waals surface area contributed by atoms with Crippen LogP contribution in [0.15, 0.2) is 46.0 Å². The Balaban J connectivity index is 0.000000172. The minimum atomic E-state index is -0.319. The molecule has 12 heteroatoms. The lowest BCUT2D eigenvalue weighted by molar-refractivity contribution is -0.128. The molecule has 12 nitrogen and oxygen atoms in total. The van der Waals surface area contributed by atoms with Crippen LogP contribution in [0, 0.1) is 35.5 Å². The fourth-order valence-corrected chi connectivity index (χ4v) is 10.1. The summed E-state index contributed by atoms with van der Waals surface area (Å²) < 4.78 is 3.70. The molecular weight excluding hydrogens is 709 g/mol. The van der Waals surface area contributed by atoms with Gasteiger partial charge in [0.2, 0.25) is 11.8 Å². The van der Waals surface area contributed by atoms with Crippen molar-refractivity contribution < 1.29 is 19.8 Å². The molecule has 2 saturated heterocycles. The van der Waals surface area contributed by atoms with Crippen molar-refractivity contribution in [3.05, 3.63) is 79.6 Å². The van der Waals surface area contributed by atoms with Crippen LogP contribution in [0.1, 0.15) is 101 Å². The summed E-state index contributed by atoms with van der Waals surface area (Å²) in [5.41, 5.74) is 3.19. The molecule has 4 aliphatic heterocycles. The highest BCUT2D eigenvalue weighted by molar-refractivity contribution is 5.81. The van der Waals surface area contributed by atoms with E-state index in [9.17, 15) is 29.4 Å². The van der Waals surface area contributed by atoms with Crippen molar-refractivity contribution in [2.75, 3.05) is 39.4 Å². The van der Waals surface area contributed by atoms with Gasteiger partial charge in [-0.2, -0.15) is 0 Å². The average Bonchev–Trinajstić information content (AvgIpc) is 4.14. The monoisotopic (exact) mass is 770 g/mol. The molecule has 8 rings (SSSR count). The zero-order valence-corrected chi connectivity index (χ0v) is 33.6. The van der Waals surface area contributed by atoms with Gasteiger partial charge < -0.3 is 30.0 Å². The van der Waals surface area contributed by atoms with Crippen LogP contribution in [-0.4, -0.2) is 92.4 Å². The van der Waals surface area contributed by atoms with Gasteiger partial charge in [0.25, 0.3) is 11.1 Å². The summed E-state index contributed by atoms with van der Waals surface area (Å²) in [6, 6.07) is 7.54. The van der Waals surface area contributed by atoms with E-state index in [4.69, 9.17) is 0 Å². The number of amides is 2. The van der Waals surface area contributed by atoms with Gasteiger partial charge in [-0.15, -0.1) is 0 Å². The van der Waals surface area contributed by atoms with Crippen LogP contribution < -0.4 is 21.8 Å². The Hall–Kier alpha value is -3.84. The lowest BCUT2D eigenvalue weighted by atomic mass is 9.86. The van der Waals surface area contributed by atoms with Crippen LogP contribution in [0.2, 0.25) is 0 Å². The molecule has 8 atom stereocenters. The number of hydrogen-bond donors (Lipinski definition) is 4. The van der Waals surface area contributed by atoms with E-state index in [-0.39, 0.29) is 84.0 Å². The number of allylic oxidation sites excluding steroid dienone is 2. The Labute approximate surface area is 330 Å². The Morgan fingerprint density at radius 1 is 0.679 bits per heavy atom. The first kappa shape index (κ1) is 40.4. The second kappa shape index (κ2) is 17.3. The summed E-state index contributed by atoms with van der Waals surface area (Å²) in [7, 11) is 0. The Bertz CT molecular complexity index is 1790. The van der Waals surface area contributed by atoms with E-state index in [0.717, 1.165) is 37.3 Å². The first-order valence-corrected chi connectivity index (χ1v) is 21.2. The topological polar surface area (TPSA) is 149 Å². The summed E-state index contributed by atoms with van der Waals surface area (Å²) in [5.74, 6) is 0.446. The molecule has 2 amide bonds. The molecule has 4 bridgehead atoms. The molecule has 6 aliphatic rings. The summed E-state index contributed by atoms with van der Waals surface area (Å²) in [6.07, 6.45) is 14.1. The predicted molar refractivity (Wildman–Crippen MR) is 217 cm³/mol. The molecule has 4 fully saturated rings. The summed E-state index contributed by atoms with van der Waals surface area (Å²) in [4.78, 5) is 57.1. The fraction of sp³-hybridized carbons (Fsp3) is 0.636. The van der Waals surface area contributed by atoms with E-state index in [2.05, 4.69) is 20.4 Å². The zero-order chi connectivity index (χ0) is 39.7. The Morgan fingerprint density at radius 2 is 1.07 bits per heavy atom. The number of carbonyl (C=O) groups excluding carboxylic acids is 2. The first-order valence-electron chi connectivity index (χ1n) is 21.2. The first-order chi connectivity index (χ1) is 27.2. The van der Waals surface area contributed by atoms with Gasteiger partial charge in [-0.3, -0.25) is 29.0 Å². The van der Waals surface area contributed by atoms with Gasteiger partial charge >= 0.3 is 0 Å². The molecule has 0 radical (unpaired) electrons. The highest BCUT2D eigenvalue weighted by Gasteiger charge is 2.57. The number of hydrogen-bond acceptors (Lipinski definition) is 8. The van der Waals surface area contributed by atoms with Crippen molar-refractivity contribution in [2.45, 2.75) is 103 Å². The number of pyridine rings is 2. The smallest absolute Gasteiger partial charge is 0.258 e. The molecule has 2 saturated carbocycles. The van der Waals surface area contributed by atoms with E-state index in [1.54, 1.807) is 0 Å². The average molecular weight is 771 g/mol. The van der Waals surface area contributed by atoms with Gasteiger partial charge in [0.15, 0.2) is 0 Å². The van der Waals surface area contributed by atoms with Crippen LogP contribution in [0.5, 0.6) is 0 Å². The largest absolute Gasteiger partial charge is 0.396 e. The number of aliphatic hydroxyl groups excluding tert-OH is 2. The minimum Gasteiger partial charge on any atom is -0.396 e. The molecule has 6 heterocycles. The SMILES string of the molecule is C/C=C/c1ccc2n(c1=O)C[C@@H]1[C@@H](CO)[C@H](C(=O)NCCC)[C@H]2N1CC1CC1.C/C=C\c1ccc2n(c1=O)C[C@@H]1[C@@H](CO)[C@H](C(=O)NCCC)[C@H]2N1CC1CC1. The molecule has 2 aliphatic carbocycles. The number of aliphatic hydroxyl groups is 2. The van der Waals surface area contributed by atoms with Crippen LogP contribution >= 0.6 is 0 Å². The molecule has 4 N–H and O–H groups in total. The standard InChI is InChI=1S/2C22H31N3O3/c2*1-3-5-15-8-9-17-20-19(21(27)23-10-4-2)16(13-26)18(12-25(17)22(15)28)24(20)11-14-6-7-14/h2*3,5,8-9,14,16,18-20,26H,4,6-7,10-13H2,1-2H3,(H,23,27)/b5-3+;5-3-/t2*16-,18-,19+,20+/m11/s1. The van der Waals surface area contributed by atoms with E-state index >= 15 is 0 Å². The number of nitrogens with zero attached hydrogens (tertiary/aromatic N) is 4. The highest BCUT2D eigenvalue weighted by Crippen LogP contribution is 2.51. The van der Waals surface area contributed by atoms with E-state index < -0.39 is 0 Å². The van der Waals surface area contributed by atoms with Crippen molar-refractivity contribution in [3.63, 3.8) is 0 Å². The fourth-order valence-electron chi connectivity index (χ4n) is 10.1. The van der Waals surface area contributed by atoms with Crippen molar-refractivity contribution >= 4 is 24.0 Å². The third kappa shape index (κ3) is 7.62. The molecule has 2 aromatic heterocycles. The van der Waals surface area contributed by atoms with Crippen LogP contribution in [-0.2, 0) is 22.7 Å².